The lowest BCUT2D eigenvalue weighted by Gasteiger charge is -2.07. The van der Waals surface area contributed by atoms with Gasteiger partial charge in [0, 0.05) is 0 Å². The van der Waals surface area contributed by atoms with Gasteiger partial charge in [-0.2, -0.15) is 5.26 Å². The first kappa shape index (κ1) is 11.9. The zero-order valence-electron chi connectivity index (χ0n) is 9.45. The summed E-state index contributed by atoms with van der Waals surface area (Å²) < 4.78 is 6.05. The Labute approximate surface area is 107 Å². The largest absolute Gasteiger partial charge is 0.461 e. The summed E-state index contributed by atoms with van der Waals surface area (Å²) in [5.41, 5.74) is 1.27. The van der Waals surface area contributed by atoms with Crippen LogP contribution in [-0.4, -0.2) is 0 Å². The van der Waals surface area contributed by atoms with E-state index in [1.807, 2.05) is 26.0 Å². The highest BCUT2D eigenvalue weighted by Crippen LogP contribution is 2.27. The number of rotatable bonds is 1. The van der Waals surface area contributed by atoms with Crippen LogP contribution in [0.3, 0.4) is 0 Å². The summed E-state index contributed by atoms with van der Waals surface area (Å²) in [6.07, 6.45) is 1.20. The molecule has 0 atom stereocenters. The normalized spacial score (nSPS) is 10.8. The highest BCUT2D eigenvalue weighted by atomic mass is 79.9. The van der Waals surface area contributed by atoms with Gasteiger partial charge < -0.3 is 4.42 Å². The van der Waals surface area contributed by atoms with Crippen molar-refractivity contribution in [2.24, 2.45) is 0 Å². The Morgan fingerprint density at radius 2 is 2.12 bits per heavy atom. The van der Waals surface area contributed by atoms with E-state index < -0.39 is 0 Å². The highest BCUT2D eigenvalue weighted by molar-refractivity contribution is 9.10. The van der Waals surface area contributed by atoms with Crippen LogP contribution in [0.1, 0.15) is 30.9 Å². The Hall–Kier alpha value is -1.60. The molecule has 17 heavy (non-hydrogen) atoms. The highest BCUT2D eigenvalue weighted by Gasteiger charge is 2.12. The Bertz CT molecular complexity index is 680. The van der Waals surface area contributed by atoms with Crippen LogP contribution in [0.15, 0.2) is 32.1 Å². The van der Waals surface area contributed by atoms with Gasteiger partial charge in [0.1, 0.15) is 17.9 Å². The van der Waals surface area contributed by atoms with Gasteiger partial charge in [-0.15, -0.1) is 0 Å². The van der Waals surface area contributed by atoms with Gasteiger partial charge >= 0.3 is 0 Å². The van der Waals surface area contributed by atoms with E-state index in [4.69, 9.17) is 9.68 Å². The molecule has 0 aliphatic rings. The molecular formula is C13H10BrNO2. The Balaban J connectivity index is 2.90. The van der Waals surface area contributed by atoms with Crippen LogP contribution in [0, 0.1) is 11.3 Å². The average molecular weight is 292 g/mol. The zero-order valence-corrected chi connectivity index (χ0v) is 11.0. The molecule has 0 fully saturated rings. The van der Waals surface area contributed by atoms with Gasteiger partial charge in [-0.05, 0) is 39.5 Å². The lowest BCUT2D eigenvalue weighted by atomic mass is 10.0. The molecule has 0 unspecified atom stereocenters. The average Bonchev–Trinajstić information content (AvgIpc) is 2.30. The van der Waals surface area contributed by atoms with Crippen LogP contribution >= 0.6 is 15.9 Å². The molecule has 0 bridgehead atoms. The second-order valence-electron chi connectivity index (χ2n) is 4.12. The first-order valence-corrected chi connectivity index (χ1v) is 5.99. The molecule has 1 aromatic heterocycles. The molecule has 3 nitrogen and oxygen atoms in total. The van der Waals surface area contributed by atoms with Crippen molar-refractivity contribution in [1.82, 2.24) is 0 Å². The molecule has 4 heteroatoms. The van der Waals surface area contributed by atoms with Crippen LogP contribution < -0.4 is 5.43 Å². The van der Waals surface area contributed by atoms with Crippen molar-refractivity contribution in [3.8, 4) is 6.07 Å². The summed E-state index contributed by atoms with van der Waals surface area (Å²) >= 11 is 3.38. The van der Waals surface area contributed by atoms with Gasteiger partial charge in [-0.25, -0.2) is 0 Å². The van der Waals surface area contributed by atoms with Crippen molar-refractivity contribution >= 4 is 26.9 Å². The third kappa shape index (κ3) is 1.98. The molecule has 2 rings (SSSR count). The van der Waals surface area contributed by atoms with Gasteiger partial charge in [0.05, 0.1) is 9.86 Å². The molecule has 0 amide bonds. The fraction of sp³-hybridized carbons (Fsp3) is 0.231. The maximum Gasteiger partial charge on any atom is 0.210 e. The topological polar surface area (TPSA) is 54.0 Å². The fourth-order valence-electron chi connectivity index (χ4n) is 1.63. The number of hydrogen-bond acceptors (Lipinski definition) is 3. The minimum Gasteiger partial charge on any atom is -0.461 e. The van der Waals surface area contributed by atoms with Gasteiger partial charge in [-0.3, -0.25) is 4.79 Å². The summed E-state index contributed by atoms with van der Waals surface area (Å²) in [5, 5.41) is 9.25. The molecule has 0 radical (unpaired) electrons. The van der Waals surface area contributed by atoms with E-state index in [2.05, 4.69) is 15.9 Å². The molecule has 0 N–H and O–H groups in total. The van der Waals surface area contributed by atoms with E-state index >= 15 is 0 Å². The molecule has 0 aliphatic carbocycles. The molecule has 0 aliphatic heterocycles. The molecule has 0 spiro atoms. The smallest absolute Gasteiger partial charge is 0.210 e. The zero-order chi connectivity index (χ0) is 12.6. The van der Waals surface area contributed by atoms with Crippen LogP contribution in [0.2, 0.25) is 0 Å². The van der Waals surface area contributed by atoms with Crippen molar-refractivity contribution in [1.29, 1.82) is 5.26 Å². The lowest BCUT2D eigenvalue weighted by Crippen LogP contribution is -2.06. The van der Waals surface area contributed by atoms with Crippen molar-refractivity contribution in [3.05, 3.63) is 44.2 Å². The first-order chi connectivity index (χ1) is 8.04. The maximum absolute atomic E-state index is 12.0. The van der Waals surface area contributed by atoms with Crippen molar-refractivity contribution in [3.63, 3.8) is 0 Å². The Morgan fingerprint density at radius 3 is 2.71 bits per heavy atom. The summed E-state index contributed by atoms with van der Waals surface area (Å²) in [5.74, 6) is 0.306. The molecule has 0 saturated heterocycles. The maximum atomic E-state index is 12.0. The van der Waals surface area contributed by atoms with E-state index in [0.717, 1.165) is 10.0 Å². The fourth-order valence-corrected chi connectivity index (χ4v) is 2.20. The van der Waals surface area contributed by atoms with E-state index in [0.29, 0.717) is 16.9 Å². The Kier molecular flexibility index (Phi) is 3.03. The summed E-state index contributed by atoms with van der Waals surface area (Å²) in [4.78, 5) is 12.0. The third-order valence-electron chi connectivity index (χ3n) is 2.64. The summed E-state index contributed by atoms with van der Waals surface area (Å²) in [6, 6.07) is 5.56. The summed E-state index contributed by atoms with van der Waals surface area (Å²) in [6.45, 7) is 4.09. The van der Waals surface area contributed by atoms with Crippen LogP contribution in [0.25, 0.3) is 11.0 Å². The molecule has 0 saturated carbocycles. The van der Waals surface area contributed by atoms with E-state index in [-0.39, 0.29) is 11.0 Å². The van der Waals surface area contributed by atoms with Crippen LogP contribution in [0.5, 0.6) is 0 Å². The monoisotopic (exact) mass is 291 g/mol. The van der Waals surface area contributed by atoms with Gasteiger partial charge in [0.25, 0.3) is 0 Å². The van der Waals surface area contributed by atoms with E-state index in [1.54, 1.807) is 6.07 Å². The third-order valence-corrected chi connectivity index (χ3v) is 3.23. The predicted octanol–water partition coefficient (Wildman–Crippen LogP) is 3.55. The number of nitriles is 1. The van der Waals surface area contributed by atoms with Gasteiger partial charge in [0.2, 0.25) is 5.43 Å². The molecule has 2 aromatic rings. The van der Waals surface area contributed by atoms with Crippen molar-refractivity contribution in [2.75, 3.05) is 0 Å². The lowest BCUT2D eigenvalue weighted by molar-refractivity contribution is 0.598. The number of fused-ring (bicyclic) bond motifs is 1. The number of halogens is 1. The SMILES string of the molecule is CC(C)c1cc(Br)c2occ(C#N)c(=O)c2c1. The quantitative estimate of drug-likeness (QED) is 0.807. The molecular weight excluding hydrogens is 282 g/mol. The molecule has 1 aromatic carbocycles. The standard InChI is InChI=1S/C13H10BrNO2/c1-7(2)8-3-10-12(16)9(5-15)6-17-13(10)11(14)4-8/h3-4,6-7H,1-2H3. The van der Waals surface area contributed by atoms with Gasteiger partial charge in [0.15, 0.2) is 5.58 Å². The number of hydrogen-bond donors (Lipinski definition) is 0. The number of benzene rings is 1. The van der Waals surface area contributed by atoms with E-state index in [1.165, 1.54) is 6.26 Å². The minimum absolute atomic E-state index is 0.0327. The predicted molar refractivity (Wildman–Crippen MR) is 69.0 cm³/mol. The molecule has 86 valence electrons. The second kappa shape index (κ2) is 4.34. The minimum atomic E-state index is -0.281. The van der Waals surface area contributed by atoms with Crippen LogP contribution in [-0.2, 0) is 0 Å². The Morgan fingerprint density at radius 1 is 1.41 bits per heavy atom. The molecule has 1 heterocycles. The van der Waals surface area contributed by atoms with Crippen molar-refractivity contribution < 1.29 is 4.42 Å². The second-order valence-corrected chi connectivity index (χ2v) is 4.98. The van der Waals surface area contributed by atoms with Crippen LogP contribution in [0.4, 0.5) is 0 Å². The van der Waals surface area contributed by atoms with E-state index in [9.17, 15) is 4.79 Å². The first-order valence-electron chi connectivity index (χ1n) is 5.19. The van der Waals surface area contributed by atoms with Crippen molar-refractivity contribution in [2.45, 2.75) is 19.8 Å². The van der Waals surface area contributed by atoms with Gasteiger partial charge in [-0.1, -0.05) is 13.8 Å². The number of nitrogens with zero attached hydrogens (tertiary/aromatic N) is 1. The summed E-state index contributed by atoms with van der Waals surface area (Å²) in [7, 11) is 0.